The molecule has 5 heteroatoms. The van der Waals surface area contributed by atoms with Crippen molar-refractivity contribution in [3.63, 3.8) is 0 Å². The highest BCUT2D eigenvalue weighted by Gasteiger charge is 2.20. The highest BCUT2D eigenvalue weighted by Crippen LogP contribution is 2.21. The van der Waals surface area contributed by atoms with Crippen molar-refractivity contribution in [2.45, 2.75) is 38.3 Å². The number of ether oxygens (including phenoxy) is 1. The smallest absolute Gasteiger partial charge is 0.123 e. The lowest BCUT2D eigenvalue weighted by molar-refractivity contribution is 0.0608. The maximum atomic E-state index is 13.2. The zero-order chi connectivity index (χ0) is 13.5. The first-order chi connectivity index (χ1) is 8.62. The van der Waals surface area contributed by atoms with Crippen LogP contribution in [0.4, 0.5) is 4.39 Å². The second-order valence-corrected chi connectivity index (χ2v) is 5.13. The van der Waals surface area contributed by atoms with Gasteiger partial charge in [0.05, 0.1) is 12.1 Å². The first kappa shape index (κ1) is 15.6. The molecule has 0 amide bonds. The van der Waals surface area contributed by atoms with Gasteiger partial charge in [0.15, 0.2) is 0 Å². The summed E-state index contributed by atoms with van der Waals surface area (Å²) in [6, 6.07) is 4.62. The van der Waals surface area contributed by atoms with Crippen molar-refractivity contribution in [1.29, 1.82) is 0 Å². The van der Waals surface area contributed by atoms with E-state index in [1.807, 2.05) is 0 Å². The van der Waals surface area contributed by atoms with Crippen molar-refractivity contribution in [3.05, 3.63) is 34.1 Å². The van der Waals surface area contributed by atoms with Gasteiger partial charge in [0.2, 0.25) is 0 Å². The number of hydrogen-bond acceptors (Lipinski definition) is 3. The zero-order valence-electron chi connectivity index (χ0n) is 10.7. The summed E-state index contributed by atoms with van der Waals surface area (Å²) in [5, 5.41) is 0. The van der Waals surface area contributed by atoms with Crippen LogP contribution in [0.15, 0.2) is 22.7 Å². The van der Waals surface area contributed by atoms with Gasteiger partial charge in [0.1, 0.15) is 5.82 Å². The van der Waals surface area contributed by atoms with E-state index in [4.69, 9.17) is 10.6 Å². The first-order valence-corrected chi connectivity index (χ1v) is 6.84. The number of halogens is 2. The normalized spacial score (nSPS) is 14.5. The summed E-state index contributed by atoms with van der Waals surface area (Å²) in [4.78, 5) is 0. The third kappa shape index (κ3) is 4.31. The zero-order valence-corrected chi connectivity index (χ0v) is 12.3. The van der Waals surface area contributed by atoms with Crippen molar-refractivity contribution in [2.75, 3.05) is 7.11 Å². The number of nitrogens with one attached hydrogen (secondary N) is 1. The Balaban J connectivity index is 2.81. The highest BCUT2D eigenvalue weighted by molar-refractivity contribution is 9.10. The third-order valence-corrected chi connectivity index (χ3v) is 3.76. The van der Waals surface area contributed by atoms with Gasteiger partial charge in [-0.25, -0.2) is 4.39 Å². The minimum atomic E-state index is -0.242. The molecule has 18 heavy (non-hydrogen) atoms. The molecule has 0 heterocycles. The van der Waals surface area contributed by atoms with Crippen molar-refractivity contribution < 1.29 is 9.13 Å². The summed E-state index contributed by atoms with van der Waals surface area (Å²) >= 11 is 3.42. The minimum absolute atomic E-state index is 0.0233. The van der Waals surface area contributed by atoms with Gasteiger partial charge in [0.25, 0.3) is 0 Å². The molecule has 1 aromatic carbocycles. The van der Waals surface area contributed by atoms with Crippen LogP contribution in [0.1, 0.15) is 25.3 Å². The van der Waals surface area contributed by atoms with Crippen molar-refractivity contribution in [3.8, 4) is 0 Å². The quantitative estimate of drug-likeness (QED) is 0.600. The molecule has 3 nitrogen and oxygen atoms in total. The van der Waals surface area contributed by atoms with E-state index in [0.717, 1.165) is 22.9 Å². The highest BCUT2D eigenvalue weighted by atomic mass is 79.9. The van der Waals surface area contributed by atoms with E-state index in [0.29, 0.717) is 6.42 Å². The van der Waals surface area contributed by atoms with Crippen LogP contribution in [-0.2, 0) is 11.2 Å². The lowest BCUT2D eigenvalue weighted by atomic mass is 9.99. The topological polar surface area (TPSA) is 47.3 Å². The van der Waals surface area contributed by atoms with Crippen LogP contribution in [0.25, 0.3) is 0 Å². The summed E-state index contributed by atoms with van der Waals surface area (Å²) in [6.45, 7) is 2.09. The van der Waals surface area contributed by atoms with E-state index in [-0.39, 0.29) is 18.0 Å². The Hall–Kier alpha value is -0.490. The lowest BCUT2D eigenvalue weighted by Crippen LogP contribution is -2.46. The van der Waals surface area contributed by atoms with Gasteiger partial charge < -0.3 is 4.74 Å². The van der Waals surface area contributed by atoms with Gasteiger partial charge in [-0.3, -0.25) is 11.3 Å². The lowest BCUT2D eigenvalue weighted by Gasteiger charge is -2.25. The second-order valence-electron chi connectivity index (χ2n) is 4.28. The van der Waals surface area contributed by atoms with E-state index in [1.165, 1.54) is 12.1 Å². The van der Waals surface area contributed by atoms with Gasteiger partial charge in [0, 0.05) is 11.6 Å². The predicted molar refractivity (Wildman–Crippen MR) is 74.6 cm³/mol. The molecular formula is C13H20BrFN2O. The van der Waals surface area contributed by atoms with Crippen molar-refractivity contribution in [1.82, 2.24) is 5.43 Å². The maximum absolute atomic E-state index is 13.2. The molecule has 0 aliphatic heterocycles. The molecule has 0 aliphatic rings. The number of hydrogen-bond donors (Lipinski definition) is 2. The van der Waals surface area contributed by atoms with Gasteiger partial charge >= 0.3 is 0 Å². The number of hydrazine groups is 1. The molecule has 0 bridgehead atoms. The van der Waals surface area contributed by atoms with Gasteiger partial charge in [-0.15, -0.1) is 0 Å². The Kier molecular flexibility index (Phi) is 6.78. The van der Waals surface area contributed by atoms with Crippen molar-refractivity contribution in [2.24, 2.45) is 5.84 Å². The molecule has 0 radical (unpaired) electrons. The van der Waals surface area contributed by atoms with E-state index >= 15 is 0 Å². The average Bonchev–Trinajstić information content (AvgIpc) is 2.37. The second kappa shape index (κ2) is 7.84. The molecule has 3 N–H and O–H groups in total. The molecule has 0 aromatic heterocycles. The van der Waals surface area contributed by atoms with Crippen LogP contribution in [-0.4, -0.2) is 19.3 Å². The van der Waals surface area contributed by atoms with Crippen LogP contribution in [0.5, 0.6) is 0 Å². The summed E-state index contributed by atoms with van der Waals surface area (Å²) in [5.41, 5.74) is 3.65. The fourth-order valence-corrected chi connectivity index (χ4v) is 2.41. The Morgan fingerprint density at radius 2 is 2.22 bits per heavy atom. The van der Waals surface area contributed by atoms with Gasteiger partial charge in [-0.2, -0.15) is 0 Å². The van der Waals surface area contributed by atoms with Crippen LogP contribution in [0.2, 0.25) is 0 Å². The number of nitrogens with two attached hydrogens (primary N) is 1. The summed E-state index contributed by atoms with van der Waals surface area (Å²) in [6.07, 6.45) is 2.57. The molecule has 0 saturated heterocycles. The summed E-state index contributed by atoms with van der Waals surface area (Å²) in [7, 11) is 1.67. The molecule has 0 spiro atoms. The van der Waals surface area contributed by atoms with Gasteiger partial charge in [-0.1, -0.05) is 29.3 Å². The fourth-order valence-electron chi connectivity index (χ4n) is 2.00. The first-order valence-electron chi connectivity index (χ1n) is 6.05. The average molecular weight is 319 g/mol. The fraction of sp³-hybridized carbons (Fsp3) is 0.538. The molecule has 0 saturated carbocycles. The van der Waals surface area contributed by atoms with E-state index in [1.54, 1.807) is 13.2 Å². The minimum Gasteiger partial charge on any atom is -0.380 e. The Bertz CT molecular complexity index is 376. The number of benzene rings is 1. The Morgan fingerprint density at radius 1 is 1.50 bits per heavy atom. The Labute approximate surface area is 116 Å². The molecule has 2 unspecified atom stereocenters. The summed E-state index contributed by atoms with van der Waals surface area (Å²) < 4.78 is 19.5. The number of rotatable bonds is 7. The van der Waals surface area contributed by atoms with Crippen LogP contribution in [0.3, 0.4) is 0 Å². The third-order valence-electron chi connectivity index (χ3n) is 2.99. The predicted octanol–water partition coefficient (Wildman–Crippen LogP) is 2.78. The standard InChI is InChI=1S/C13H20BrFN2O/c1-3-4-13(18-2)12(17-16)8-9-7-10(15)5-6-11(9)14/h5-7,12-13,17H,3-4,8,16H2,1-2H3. The SMILES string of the molecule is CCCC(OC)C(Cc1cc(F)ccc1Br)NN. The monoisotopic (exact) mass is 318 g/mol. The maximum Gasteiger partial charge on any atom is 0.123 e. The summed E-state index contributed by atoms with van der Waals surface area (Å²) in [5.74, 6) is 5.33. The molecule has 1 aromatic rings. The molecule has 0 aliphatic carbocycles. The van der Waals surface area contributed by atoms with E-state index in [9.17, 15) is 4.39 Å². The largest absolute Gasteiger partial charge is 0.380 e. The van der Waals surface area contributed by atoms with Gasteiger partial charge in [-0.05, 0) is 36.6 Å². The molecule has 102 valence electrons. The van der Waals surface area contributed by atoms with Crippen LogP contribution < -0.4 is 11.3 Å². The molecule has 1 rings (SSSR count). The Morgan fingerprint density at radius 3 is 2.78 bits per heavy atom. The molecular weight excluding hydrogens is 299 g/mol. The van der Waals surface area contributed by atoms with Crippen molar-refractivity contribution >= 4 is 15.9 Å². The van der Waals surface area contributed by atoms with E-state index < -0.39 is 0 Å². The number of methoxy groups -OCH3 is 1. The molecule has 2 atom stereocenters. The van der Waals surface area contributed by atoms with E-state index in [2.05, 4.69) is 28.3 Å². The van der Waals surface area contributed by atoms with Crippen LogP contribution in [0, 0.1) is 5.82 Å². The van der Waals surface area contributed by atoms with Crippen LogP contribution >= 0.6 is 15.9 Å². The molecule has 0 fully saturated rings.